The topological polar surface area (TPSA) is 113 Å². The summed E-state index contributed by atoms with van der Waals surface area (Å²) < 4.78 is 28.5. The molecule has 0 heterocycles. The Balaban J connectivity index is 3.35. The molecule has 20 heavy (non-hydrogen) atoms. The first-order chi connectivity index (χ1) is 9.16. The first-order valence-electron chi connectivity index (χ1n) is 5.78. The monoisotopic (exact) mass is 300 g/mol. The van der Waals surface area contributed by atoms with Crippen LogP contribution < -0.4 is 9.88 Å². The lowest BCUT2D eigenvalue weighted by Crippen LogP contribution is -2.15. The van der Waals surface area contributed by atoms with Crippen LogP contribution in [0.25, 0.3) is 0 Å². The second kappa shape index (κ2) is 6.02. The minimum atomic E-state index is -4.13. The van der Waals surface area contributed by atoms with E-state index in [1.807, 2.05) is 6.92 Å². The number of primary sulfonamides is 1. The second-order valence-corrected chi connectivity index (χ2v) is 5.81. The summed E-state index contributed by atoms with van der Waals surface area (Å²) in [6, 6.07) is 2.13. The Bertz CT molecular complexity index is 652. The molecule has 1 aromatic carbocycles. The van der Waals surface area contributed by atoms with E-state index in [2.05, 4.69) is 6.58 Å². The molecule has 1 rings (SSSR count). The minimum absolute atomic E-state index is 0.0210. The van der Waals surface area contributed by atoms with Gasteiger partial charge in [-0.05, 0) is 24.5 Å². The van der Waals surface area contributed by atoms with Crippen molar-refractivity contribution in [3.63, 3.8) is 0 Å². The summed E-state index contributed by atoms with van der Waals surface area (Å²) in [5.41, 5.74) is 0.739. The third kappa shape index (κ3) is 3.78. The number of nitrogens with two attached hydrogens (primary N) is 1. The summed E-state index contributed by atoms with van der Waals surface area (Å²) >= 11 is 0. The first kappa shape index (κ1) is 16.1. The molecule has 0 aliphatic rings. The van der Waals surface area contributed by atoms with Crippen molar-refractivity contribution in [3.05, 3.63) is 40.0 Å². The maximum Gasteiger partial charge on any atom is 0.271 e. The SMILES string of the molecule is C=C(CC)COc1c(C)cc([N+](=O)[O-])cc1S(N)(=O)=O. The van der Waals surface area contributed by atoms with E-state index < -0.39 is 19.8 Å². The van der Waals surface area contributed by atoms with Crippen LogP contribution in [-0.2, 0) is 10.0 Å². The van der Waals surface area contributed by atoms with Crippen LogP contribution in [-0.4, -0.2) is 19.9 Å². The largest absolute Gasteiger partial charge is 0.488 e. The fourth-order valence-electron chi connectivity index (χ4n) is 1.50. The number of hydrogen-bond donors (Lipinski definition) is 1. The Morgan fingerprint density at radius 2 is 2.10 bits per heavy atom. The Labute approximate surface area is 117 Å². The Morgan fingerprint density at radius 3 is 2.55 bits per heavy atom. The lowest BCUT2D eigenvalue weighted by Gasteiger charge is -2.13. The van der Waals surface area contributed by atoms with Crippen molar-refractivity contribution in [2.75, 3.05) is 6.61 Å². The van der Waals surface area contributed by atoms with Gasteiger partial charge in [0.1, 0.15) is 17.3 Å². The third-order valence-electron chi connectivity index (χ3n) is 2.66. The van der Waals surface area contributed by atoms with Crippen LogP contribution in [0.5, 0.6) is 5.75 Å². The van der Waals surface area contributed by atoms with E-state index in [9.17, 15) is 18.5 Å². The number of hydrogen-bond acceptors (Lipinski definition) is 5. The third-order valence-corrected chi connectivity index (χ3v) is 3.58. The molecule has 0 bridgehead atoms. The summed E-state index contributed by atoms with van der Waals surface area (Å²) in [5.74, 6) is 0.0210. The van der Waals surface area contributed by atoms with Gasteiger partial charge in [-0.15, -0.1) is 0 Å². The Kier molecular flexibility index (Phi) is 4.85. The second-order valence-electron chi connectivity index (χ2n) is 4.28. The lowest BCUT2D eigenvalue weighted by atomic mass is 10.2. The van der Waals surface area contributed by atoms with Crippen LogP contribution in [0.15, 0.2) is 29.2 Å². The van der Waals surface area contributed by atoms with E-state index in [0.717, 1.165) is 11.6 Å². The number of nitro groups is 1. The number of benzene rings is 1. The van der Waals surface area contributed by atoms with E-state index >= 15 is 0 Å². The highest BCUT2D eigenvalue weighted by atomic mass is 32.2. The number of ether oxygens (including phenoxy) is 1. The molecule has 8 heteroatoms. The maximum atomic E-state index is 11.5. The molecule has 0 saturated carbocycles. The van der Waals surface area contributed by atoms with Crippen LogP contribution in [0, 0.1) is 17.0 Å². The van der Waals surface area contributed by atoms with Gasteiger partial charge in [0.05, 0.1) is 4.92 Å². The van der Waals surface area contributed by atoms with Crippen molar-refractivity contribution >= 4 is 15.7 Å². The maximum absolute atomic E-state index is 11.5. The van der Waals surface area contributed by atoms with Gasteiger partial charge in [0.25, 0.3) is 5.69 Å². The van der Waals surface area contributed by atoms with Crippen molar-refractivity contribution < 1.29 is 18.1 Å². The summed E-state index contributed by atoms with van der Waals surface area (Å²) in [5, 5.41) is 15.9. The van der Waals surface area contributed by atoms with E-state index in [4.69, 9.17) is 9.88 Å². The quantitative estimate of drug-likeness (QED) is 0.489. The van der Waals surface area contributed by atoms with Gasteiger partial charge in [-0.3, -0.25) is 10.1 Å². The van der Waals surface area contributed by atoms with Gasteiger partial charge in [-0.2, -0.15) is 0 Å². The number of nitro benzene ring substituents is 1. The molecule has 110 valence electrons. The highest BCUT2D eigenvalue weighted by Gasteiger charge is 2.22. The van der Waals surface area contributed by atoms with E-state index in [0.29, 0.717) is 12.0 Å². The van der Waals surface area contributed by atoms with E-state index in [1.165, 1.54) is 13.0 Å². The average Bonchev–Trinajstić information content (AvgIpc) is 2.34. The van der Waals surface area contributed by atoms with Gasteiger partial charge in [-0.1, -0.05) is 13.5 Å². The molecule has 7 nitrogen and oxygen atoms in total. The van der Waals surface area contributed by atoms with E-state index in [1.54, 1.807) is 0 Å². The number of aryl methyl sites for hydroxylation is 1. The fourth-order valence-corrected chi connectivity index (χ4v) is 2.26. The fraction of sp³-hybridized carbons (Fsp3) is 0.333. The summed E-state index contributed by atoms with van der Waals surface area (Å²) in [6.07, 6.45) is 0.677. The van der Waals surface area contributed by atoms with Gasteiger partial charge in [0.15, 0.2) is 0 Å². The van der Waals surface area contributed by atoms with Crippen LogP contribution >= 0.6 is 0 Å². The molecule has 0 unspecified atom stereocenters. The molecule has 0 saturated heterocycles. The highest BCUT2D eigenvalue weighted by Crippen LogP contribution is 2.32. The van der Waals surface area contributed by atoms with Crippen LogP contribution in [0.4, 0.5) is 5.69 Å². The lowest BCUT2D eigenvalue weighted by molar-refractivity contribution is -0.385. The van der Waals surface area contributed by atoms with Gasteiger partial charge >= 0.3 is 0 Å². The van der Waals surface area contributed by atoms with E-state index in [-0.39, 0.29) is 18.0 Å². The van der Waals surface area contributed by atoms with Crippen molar-refractivity contribution in [1.29, 1.82) is 0 Å². The number of rotatable bonds is 6. The van der Waals surface area contributed by atoms with Crippen LogP contribution in [0.3, 0.4) is 0 Å². The van der Waals surface area contributed by atoms with Gasteiger partial charge in [0, 0.05) is 12.1 Å². The van der Waals surface area contributed by atoms with Crippen LogP contribution in [0.1, 0.15) is 18.9 Å². The molecule has 2 N–H and O–H groups in total. The molecule has 0 aliphatic carbocycles. The van der Waals surface area contributed by atoms with Gasteiger partial charge < -0.3 is 4.74 Å². The standard InChI is InChI=1S/C12H16N2O5S/c1-4-8(2)7-19-12-9(3)5-10(14(15)16)6-11(12)20(13,17)18/h5-6H,2,4,7H2,1,3H3,(H2,13,17,18). The molecule has 0 aromatic heterocycles. The Hall–Kier alpha value is -1.93. The molecule has 0 fully saturated rings. The first-order valence-corrected chi connectivity index (χ1v) is 7.32. The predicted octanol–water partition coefficient (Wildman–Crippen LogP) is 1.90. The molecule has 0 aliphatic heterocycles. The number of sulfonamides is 1. The molecular formula is C12H16N2O5S. The molecular weight excluding hydrogens is 284 g/mol. The zero-order valence-corrected chi connectivity index (χ0v) is 12.1. The predicted molar refractivity (Wildman–Crippen MR) is 74.1 cm³/mol. The normalized spacial score (nSPS) is 11.2. The molecule has 0 atom stereocenters. The molecule has 0 spiro atoms. The summed E-state index contributed by atoms with van der Waals surface area (Å²) in [7, 11) is -4.13. The Morgan fingerprint density at radius 1 is 1.50 bits per heavy atom. The summed E-state index contributed by atoms with van der Waals surface area (Å²) in [4.78, 5) is 9.69. The van der Waals surface area contributed by atoms with Gasteiger partial charge in [0.2, 0.25) is 10.0 Å². The van der Waals surface area contributed by atoms with Crippen molar-refractivity contribution in [2.24, 2.45) is 5.14 Å². The smallest absolute Gasteiger partial charge is 0.271 e. The van der Waals surface area contributed by atoms with Crippen molar-refractivity contribution in [3.8, 4) is 5.75 Å². The molecule has 0 amide bonds. The van der Waals surface area contributed by atoms with Crippen molar-refractivity contribution in [2.45, 2.75) is 25.2 Å². The minimum Gasteiger partial charge on any atom is -0.488 e. The summed E-state index contributed by atoms with van der Waals surface area (Å²) in [6.45, 7) is 7.27. The van der Waals surface area contributed by atoms with Crippen LogP contribution in [0.2, 0.25) is 0 Å². The van der Waals surface area contributed by atoms with Crippen molar-refractivity contribution in [1.82, 2.24) is 0 Å². The number of non-ortho nitro benzene ring substituents is 1. The zero-order chi connectivity index (χ0) is 15.5. The average molecular weight is 300 g/mol. The molecule has 0 radical (unpaired) electrons. The van der Waals surface area contributed by atoms with Gasteiger partial charge in [-0.25, -0.2) is 13.6 Å². The zero-order valence-electron chi connectivity index (χ0n) is 11.3. The highest BCUT2D eigenvalue weighted by molar-refractivity contribution is 7.89. The molecule has 1 aromatic rings. The number of nitrogens with zero attached hydrogens (tertiary/aromatic N) is 1.